The summed E-state index contributed by atoms with van der Waals surface area (Å²) < 4.78 is 25.4. The summed E-state index contributed by atoms with van der Waals surface area (Å²) >= 11 is 0. The quantitative estimate of drug-likeness (QED) is 0.550. The molecule has 0 fully saturated rings. The summed E-state index contributed by atoms with van der Waals surface area (Å²) in [4.78, 5) is 21.8. The minimum absolute atomic E-state index is 0.249. The van der Waals surface area contributed by atoms with Gasteiger partial charge in [0.15, 0.2) is 5.78 Å². The zero-order valence-electron chi connectivity index (χ0n) is 7.51. The lowest BCUT2D eigenvalue weighted by atomic mass is 10.1. The van der Waals surface area contributed by atoms with E-state index < -0.39 is 17.4 Å². The van der Waals surface area contributed by atoms with Gasteiger partial charge in [0, 0.05) is 6.07 Å². The van der Waals surface area contributed by atoms with E-state index in [1.165, 1.54) is 6.92 Å². The Kier molecular flexibility index (Phi) is 3.06. The topological polar surface area (TPSA) is 34.1 Å². The Balaban J connectivity index is 2.96. The highest BCUT2D eigenvalue weighted by atomic mass is 19.1. The largest absolute Gasteiger partial charge is 0.300 e. The molecule has 0 unspecified atom stereocenters. The highest BCUT2D eigenvalue weighted by Gasteiger charge is 2.13. The molecule has 4 heteroatoms. The number of carbonyl (C=O) groups excluding carboxylic acids is 2. The molecular formula is C10H8F2O2. The molecule has 0 atom stereocenters. The van der Waals surface area contributed by atoms with Crippen LogP contribution < -0.4 is 0 Å². The van der Waals surface area contributed by atoms with Crippen LogP contribution in [0.5, 0.6) is 0 Å². The zero-order valence-corrected chi connectivity index (χ0v) is 7.51. The highest BCUT2D eigenvalue weighted by Crippen LogP contribution is 2.11. The number of hydrogen-bond acceptors (Lipinski definition) is 2. The standard InChI is InChI=1S/C10H8F2O2/c1-6(13)4-10(14)8-3-2-7(11)5-9(8)12/h2-3,5H,4H2,1H3. The van der Waals surface area contributed by atoms with Gasteiger partial charge in [-0.1, -0.05) is 0 Å². The lowest BCUT2D eigenvalue weighted by Crippen LogP contribution is -2.07. The van der Waals surface area contributed by atoms with Crippen LogP contribution in [-0.4, -0.2) is 11.6 Å². The van der Waals surface area contributed by atoms with E-state index in [9.17, 15) is 18.4 Å². The maximum absolute atomic E-state index is 13.0. The summed E-state index contributed by atoms with van der Waals surface area (Å²) in [5, 5.41) is 0. The first kappa shape index (κ1) is 10.5. The van der Waals surface area contributed by atoms with E-state index in [4.69, 9.17) is 0 Å². The molecule has 0 heterocycles. The fourth-order valence-electron chi connectivity index (χ4n) is 1.04. The van der Waals surface area contributed by atoms with E-state index in [2.05, 4.69) is 0 Å². The van der Waals surface area contributed by atoms with Crippen LogP contribution in [0.3, 0.4) is 0 Å². The average Bonchev–Trinajstić information content (AvgIpc) is 2.01. The summed E-state index contributed by atoms with van der Waals surface area (Å²) in [5.74, 6) is -2.66. The zero-order chi connectivity index (χ0) is 10.7. The molecule has 0 aliphatic rings. The summed E-state index contributed by atoms with van der Waals surface area (Å²) in [6, 6.07) is 2.64. The van der Waals surface area contributed by atoms with Gasteiger partial charge in [0.05, 0.1) is 12.0 Å². The Morgan fingerprint density at radius 3 is 2.43 bits per heavy atom. The Labute approximate surface area is 79.5 Å². The van der Waals surface area contributed by atoms with E-state index >= 15 is 0 Å². The van der Waals surface area contributed by atoms with Gasteiger partial charge >= 0.3 is 0 Å². The van der Waals surface area contributed by atoms with Crippen molar-refractivity contribution in [2.75, 3.05) is 0 Å². The average molecular weight is 198 g/mol. The molecule has 2 nitrogen and oxygen atoms in total. The molecule has 0 amide bonds. The fraction of sp³-hybridized carbons (Fsp3) is 0.200. The molecule has 0 spiro atoms. The van der Waals surface area contributed by atoms with Gasteiger partial charge in [-0.15, -0.1) is 0 Å². The molecule has 0 aliphatic heterocycles. The van der Waals surface area contributed by atoms with Crippen LogP contribution in [0.4, 0.5) is 8.78 Å². The number of ketones is 2. The third kappa shape index (κ3) is 2.45. The lowest BCUT2D eigenvalue weighted by Gasteiger charge is -2.00. The van der Waals surface area contributed by atoms with Gasteiger partial charge in [-0.25, -0.2) is 8.78 Å². The smallest absolute Gasteiger partial charge is 0.173 e. The van der Waals surface area contributed by atoms with E-state index in [1.54, 1.807) is 0 Å². The number of halogens is 2. The van der Waals surface area contributed by atoms with Crippen LogP contribution >= 0.6 is 0 Å². The molecule has 0 saturated carbocycles. The van der Waals surface area contributed by atoms with Crippen LogP contribution in [0.2, 0.25) is 0 Å². The molecule has 14 heavy (non-hydrogen) atoms. The van der Waals surface area contributed by atoms with Gasteiger partial charge < -0.3 is 0 Å². The Bertz CT molecular complexity index is 386. The first-order chi connectivity index (χ1) is 6.50. The number of hydrogen-bond donors (Lipinski definition) is 0. The van der Waals surface area contributed by atoms with E-state index in [-0.39, 0.29) is 17.8 Å². The first-order valence-electron chi connectivity index (χ1n) is 3.98. The predicted octanol–water partition coefficient (Wildman–Crippen LogP) is 2.13. The molecule has 1 rings (SSSR count). The first-order valence-corrected chi connectivity index (χ1v) is 3.98. The normalized spacial score (nSPS) is 9.93. The highest BCUT2D eigenvalue weighted by molar-refractivity contribution is 6.07. The maximum atomic E-state index is 13.0. The second kappa shape index (κ2) is 4.09. The Hall–Kier alpha value is -1.58. The van der Waals surface area contributed by atoms with E-state index in [0.717, 1.165) is 12.1 Å². The van der Waals surface area contributed by atoms with Gasteiger partial charge in [-0.2, -0.15) is 0 Å². The third-order valence-electron chi connectivity index (χ3n) is 1.64. The molecule has 0 radical (unpaired) electrons. The van der Waals surface area contributed by atoms with Crippen LogP contribution in [0.15, 0.2) is 18.2 Å². The summed E-state index contributed by atoms with van der Waals surface area (Å²) in [6.07, 6.45) is -0.359. The molecule has 0 aromatic heterocycles. The molecule has 0 N–H and O–H groups in total. The van der Waals surface area contributed by atoms with Crippen molar-refractivity contribution in [3.8, 4) is 0 Å². The van der Waals surface area contributed by atoms with Gasteiger partial charge in [0.1, 0.15) is 17.4 Å². The van der Waals surface area contributed by atoms with Crippen LogP contribution in [0.25, 0.3) is 0 Å². The molecular weight excluding hydrogens is 190 g/mol. The maximum Gasteiger partial charge on any atom is 0.173 e. The molecule has 0 aliphatic carbocycles. The van der Waals surface area contributed by atoms with Crippen molar-refractivity contribution in [2.45, 2.75) is 13.3 Å². The number of Topliss-reactive ketones (excluding diaryl/α,β-unsaturated/α-hetero) is 2. The monoisotopic (exact) mass is 198 g/mol. The Morgan fingerprint density at radius 1 is 1.29 bits per heavy atom. The summed E-state index contributed by atoms with van der Waals surface area (Å²) in [5.41, 5.74) is -0.249. The SMILES string of the molecule is CC(=O)CC(=O)c1ccc(F)cc1F. The minimum Gasteiger partial charge on any atom is -0.300 e. The van der Waals surface area contributed by atoms with Crippen molar-refractivity contribution in [1.29, 1.82) is 0 Å². The van der Waals surface area contributed by atoms with Crippen molar-refractivity contribution in [1.82, 2.24) is 0 Å². The second-order valence-corrected chi connectivity index (χ2v) is 2.93. The van der Waals surface area contributed by atoms with Crippen molar-refractivity contribution in [2.24, 2.45) is 0 Å². The minimum atomic E-state index is -0.934. The molecule has 74 valence electrons. The predicted molar refractivity (Wildman–Crippen MR) is 46.0 cm³/mol. The van der Waals surface area contributed by atoms with Gasteiger partial charge in [-0.3, -0.25) is 9.59 Å². The second-order valence-electron chi connectivity index (χ2n) is 2.93. The van der Waals surface area contributed by atoms with Crippen LogP contribution in [-0.2, 0) is 4.79 Å². The number of carbonyl (C=O) groups is 2. The van der Waals surface area contributed by atoms with Gasteiger partial charge in [-0.05, 0) is 19.1 Å². The van der Waals surface area contributed by atoms with E-state index in [1.807, 2.05) is 0 Å². The van der Waals surface area contributed by atoms with E-state index in [0.29, 0.717) is 6.07 Å². The fourth-order valence-corrected chi connectivity index (χ4v) is 1.04. The third-order valence-corrected chi connectivity index (χ3v) is 1.64. The Morgan fingerprint density at radius 2 is 1.93 bits per heavy atom. The van der Waals surface area contributed by atoms with Crippen LogP contribution in [0, 0.1) is 11.6 Å². The number of benzene rings is 1. The van der Waals surface area contributed by atoms with Crippen molar-refractivity contribution in [3.63, 3.8) is 0 Å². The molecule has 0 saturated heterocycles. The van der Waals surface area contributed by atoms with Crippen molar-refractivity contribution < 1.29 is 18.4 Å². The number of rotatable bonds is 3. The van der Waals surface area contributed by atoms with Crippen molar-refractivity contribution in [3.05, 3.63) is 35.4 Å². The molecule has 1 aromatic carbocycles. The lowest BCUT2D eigenvalue weighted by molar-refractivity contribution is -0.116. The van der Waals surface area contributed by atoms with Gasteiger partial charge in [0.25, 0.3) is 0 Å². The summed E-state index contributed by atoms with van der Waals surface area (Å²) in [6.45, 7) is 1.24. The van der Waals surface area contributed by atoms with Crippen molar-refractivity contribution >= 4 is 11.6 Å². The van der Waals surface area contributed by atoms with Crippen LogP contribution in [0.1, 0.15) is 23.7 Å². The van der Waals surface area contributed by atoms with Gasteiger partial charge in [0.2, 0.25) is 0 Å². The molecule has 1 aromatic rings. The molecule has 0 bridgehead atoms. The summed E-state index contributed by atoms with van der Waals surface area (Å²) in [7, 11) is 0.